The summed E-state index contributed by atoms with van der Waals surface area (Å²) < 4.78 is 45.1. The van der Waals surface area contributed by atoms with Gasteiger partial charge in [-0.1, -0.05) is 11.6 Å². The number of benzene rings is 2. The van der Waals surface area contributed by atoms with Crippen LogP contribution < -0.4 is 14.8 Å². The molecule has 4 rings (SSSR count). The molecule has 0 aromatic heterocycles. The van der Waals surface area contributed by atoms with Gasteiger partial charge in [0, 0.05) is 31.4 Å². The Morgan fingerprint density at radius 3 is 2.68 bits per heavy atom. The number of likely N-dealkylation sites (N-methyl/N-ethyl adjacent to an activating group) is 1. The number of carbonyl (C=O) groups excluding carboxylic acids is 2. The second kappa shape index (κ2) is 11.7. The third-order valence-electron chi connectivity index (χ3n) is 6.43. The van der Waals surface area contributed by atoms with E-state index in [4.69, 9.17) is 25.8 Å². The van der Waals surface area contributed by atoms with Crippen LogP contribution >= 0.6 is 11.6 Å². The number of nitrogens with zero attached hydrogens (tertiary/aromatic N) is 1. The van der Waals surface area contributed by atoms with Crippen molar-refractivity contribution in [1.29, 1.82) is 0 Å². The number of hydrogen-bond donors (Lipinski definition) is 2. The van der Waals surface area contributed by atoms with Crippen LogP contribution in [0.25, 0.3) is 0 Å². The first kappa shape index (κ1) is 27.2. The number of halogens is 1. The Balaban J connectivity index is 1.47. The van der Waals surface area contributed by atoms with Gasteiger partial charge in [-0.25, -0.2) is 8.42 Å². The Kier molecular flexibility index (Phi) is 8.58. The monoisotopic (exact) mass is 551 g/mol. The van der Waals surface area contributed by atoms with E-state index in [1.807, 2.05) is 0 Å². The van der Waals surface area contributed by atoms with E-state index in [0.29, 0.717) is 36.8 Å². The Labute approximate surface area is 221 Å². The van der Waals surface area contributed by atoms with Crippen molar-refractivity contribution in [1.82, 2.24) is 10.2 Å². The number of rotatable bonds is 8. The maximum atomic E-state index is 13.4. The molecule has 10 nitrogen and oxygen atoms in total. The Morgan fingerprint density at radius 2 is 1.95 bits per heavy atom. The molecule has 0 unspecified atom stereocenters. The zero-order valence-corrected chi connectivity index (χ0v) is 22.2. The van der Waals surface area contributed by atoms with Crippen molar-refractivity contribution in [2.24, 2.45) is 0 Å². The lowest BCUT2D eigenvalue weighted by molar-refractivity contribution is -0.134. The topological polar surface area (TPSA) is 123 Å². The van der Waals surface area contributed by atoms with E-state index in [9.17, 15) is 18.0 Å². The number of sulfonamides is 1. The van der Waals surface area contributed by atoms with E-state index in [2.05, 4.69) is 10.0 Å². The minimum Gasteiger partial charge on any atom is -0.490 e. The maximum Gasteiger partial charge on any atom is 0.261 e. The molecule has 2 heterocycles. The van der Waals surface area contributed by atoms with Crippen LogP contribution in [0.1, 0.15) is 29.6 Å². The molecule has 12 heteroatoms. The average molecular weight is 552 g/mol. The van der Waals surface area contributed by atoms with E-state index < -0.39 is 16.1 Å². The molecule has 2 aromatic rings. The molecule has 0 aliphatic carbocycles. The van der Waals surface area contributed by atoms with Gasteiger partial charge in [-0.05, 0) is 55.3 Å². The van der Waals surface area contributed by atoms with Gasteiger partial charge in [0.15, 0.2) is 0 Å². The number of anilines is 1. The van der Waals surface area contributed by atoms with Crippen LogP contribution in [-0.2, 0) is 24.3 Å². The predicted molar refractivity (Wildman–Crippen MR) is 137 cm³/mol. The van der Waals surface area contributed by atoms with Gasteiger partial charge in [-0.3, -0.25) is 14.3 Å². The van der Waals surface area contributed by atoms with Gasteiger partial charge in [-0.2, -0.15) is 0 Å². The third kappa shape index (κ3) is 6.53. The van der Waals surface area contributed by atoms with Crippen LogP contribution in [0.2, 0.25) is 5.02 Å². The molecule has 37 heavy (non-hydrogen) atoms. The van der Waals surface area contributed by atoms with Crippen molar-refractivity contribution < 1.29 is 32.2 Å². The quantitative estimate of drug-likeness (QED) is 0.483. The highest BCUT2D eigenvalue weighted by atomic mass is 35.5. The summed E-state index contributed by atoms with van der Waals surface area (Å²) in [5.41, 5.74) is 0.479. The van der Waals surface area contributed by atoms with Gasteiger partial charge >= 0.3 is 0 Å². The van der Waals surface area contributed by atoms with Crippen LogP contribution in [0, 0.1) is 0 Å². The Bertz CT molecular complexity index is 1240. The van der Waals surface area contributed by atoms with E-state index in [-0.39, 0.29) is 53.1 Å². The van der Waals surface area contributed by atoms with Crippen molar-refractivity contribution in [3.63, 3.8) is 0 Å². The molecule has 1 fully saturated rings. The van der Waals surface area contributed by atoms with Crippen molar-refractivity contribution in [3.05, 3.63) is 53.1 Å². The number of fused-ring (bicyclic) bond motifs is 2. The molecule has 2 amide bonds. The summed E-state index contributed by atoms with van der Waals surface area (Å²) in [5.74, 6) is -0.0972. The number of carbonyl (C=O) groups is 2. The number of ether oxygens (including phenoxy) is 3. The molecule has 200 valence electrons. The van der Waals surface area contributed by atoms with Crippen LogP contribution in [0.15, 0.2) is 47.4 Å². The smallest absolute Gasteiger partial charge is 0.261 e. The fourth-order valence-corrected chi connectivity index (χ4v) is 5.67. The van der Waals surface area contributed by atoms with Gasteiger partial charge < -0.3 is 24.4 Å². The highest BCUT2D eigenvalue weighted by Crippen LogP contribution is 2.33. The zero-order chi connectivity index (χ0) is 26.6. The summed E-state index contributed by atoms with van der Waals surface area (Å²) in [6.07, 6.45) is 0.794. The van der Waals surface area contributed by atoms with Gasteiger partial charge in [0.1, 0.15) is 18.5 Å². The summed E-state index contributed by atoms with van der Waals surface area (Å²) in [6.45, 7) is 1.06. The molecular weight excluding hydrogens is 522 g/mol. The SMILES string of the molecule is COCCNC(=O)C[C@H]1CC[C@H]2[C@H](COc3ccc(NS(=O)(=O)c4ccc(Cl)cc4)cc3C(=O)N2C)O1. The minimum absolute atomic E-state index is 0.0486. The summed E-state index contributed by atoms with van der Waals surface area (Å²) in [5, 5.41) is 3.22. The zero-order valence-electron chi connectivity index (χ0n) is 20.6. The maximum absolute atomic E-state index is 13.4. The van der Waals surface area contributed by atoms with E-state index in [0.717, 1.165) is 0 Å². The summed E-state index contributed by atoms with van der Waals surface area (Å²) in [6, 6.07) is 10.1. The molecule has 3 atom stereocenters. The van der Waals surface area contributed by atoms with Gasteiger partial charge in [0.25, 0.3) is 15.9 Å². The van der Waals surface area contributed by atoms with E-state index in [1.165, 1.54) is 36.4 Å². The average Bonchev–Trinajstić information content (AvgIpc) is 2.87. The third-order valence-corrected chi connectivity index (χ3v) is 8.08. The molecule has 1 saturated heterocycles. The lowest BCUT2D eigenvalue weighted by Crippen LogP contribution is -2.54. The van der Waals surface area contributed by atoms with Crippen molar-refractivity contribution in [2.45, 2.75) is 42.4 Å². The number of methoxy groups -OCH3 is 1. The first-order valence-corrected chi connectivity index (χ1v) is 13.8. The largest absolute Gasteiger partial charge is 0.490 e. The molecular formula is C25H30ClN3O7S. The molecule has 0 radical (unpaired) electrons. The summed E-state index contributed by atoms with van der Waals surface area (Å²) in [4.78, 5) is 27.2. The lowest BCUT2D eigenvalue weighted by Gasteiger charge is -2.42. The highest BCUT2D eigenvalue weighted by Gasteiger charge is 2.39. The first-order chi connectivity index (χ1) is 17.7. The molecule has 0 bridgehead atoms. The molecule has 0 spiro atoms. The molecule has 2 aliphatic rings. The molecule has 2 aromatic carbocycles. The lowest BCUT2D eigenvalue weighted by atomic mass is 9.94. The molecule has 2 N–H and O–H groups in total. The Hall–Kier alpha value is -2.86. The van der Waals surface area contributed by atoms with Crippen LogP contribution in [0.4, 0.5) is 5.69 Å². The number of hydrogen-bond acceptors (Lipinski definition) is 7. The molecule has 0 saturated carbocycles. The number of nitrogens with one attached hydrogen (secondary N) is 2. The first-order valence-electron chi connectivity index (χ1n) is 11.9. The van der Waals surface area contributed by atoms with Crippen molar-refractivity contribution >= 4 is 39.1 Å². The minimum atomic E-state index is -3.88. The van der Waals surface area contributed by atoms with Gasteiger partial charge in [0.05, 0.1) is 35.6 Å². The van der Waals surface area contributed by atoms with Crippen molar-refractivity contribution in [3.8, 4) is 5.75 Å². The predicted octanol–water partition coefficient (Wildman–Crippen LogP) is 2.67. The fourth-order valence-electron chi connectivity index (χ4n) is 4.49. The van der Waals surface area contributed by atoms with Crippen LogP contribution in [0.5, 0.6) is 5.75 Å². The van der Waals surface area contributed by atoms with Crippen LogP contribution in [-0.4, -0.2) is 77.3 Å². The summed E-state index contributed by atoms with van der Waals surface area (Å²) in [7, 11) is -0.614. The van der Waals surface area contributed by atoms with E-state index in [1.54, 1.807) is 25.1 Å². The standard InChI is InChI=1S/C25H30ClN3O7S/c1-29-21-9-6-18(14-24(30)27-11-12-34-2)36-23(21)15-35-22-10-5-17(13-20(22)25(29)31)28-37(32,33)19-7-3-16(26)4-8-19/h3-5,7-8,10,13,18,21,23,28H,6,9,11-12,14-15H2,1-2H3,(H,27,30)/t18-,21+,23+/m1/s1. The number of amides is 2. The van der Waals surface area contributed by atoms with Gasteiger partial charge in [-0.15, -0.1) is 0 Å². The summed E-state index contributed by atoms with van der Waals surface area (Å²) >= 11 is 5.86. The molecule has 2 aliphatic heterocycles. The van der Waals surface area contributed by atoms with E-state index >= 15 is 0 Å². The normalized spacial score (nSPS) is 21.6. The second-order valence-corrected chi connectivity index (χ2v) is 11.1. The Morgan fingerprint density at radius 1 is 1.19 bits per heavy atom. The highest BCUT2D eigenvalue weighted by molar-refractivity contribution is 7.92. The fraction of sp³-hybridized carbons (Fsp3) is 0.440. The second-order valence-electron chi connectivity index (χ2n) is 8.99. The van der Waals surface area contributed by atoms with Gasteiger partial charge in [0.2, 0.25) is 5.91 Å². The van der Waals surface area contributed by atoms with Crippen molar-refractivity contribution in [2.75, 3.05) is 38.6 Å². The van der Waals surface area contributed by atoms with Crippen LogP contribution in [0.3, 0.4) is 0 Å².